The monoisotopic (exact) mass is 331 g/mol. The molecule has 1 aromatic rings. The molecule has 2 heterocycles. The second-order valence-corrected chi connectivity index (χ2v) is 7.16. The van der Waals surface area contributed by atoms with Gasteiger partial charge in [0.15, 0.2) is 0 Å². The largest absolute Gasteiger partial charge is 0.354 e. The van der Waals surface area contributed by atoms with Crippen molar-refractivity contribution in [3.8, 4) is 0 Å². The lowest BCUT2D eigenvalue weighted by atomic mass is 9.90. The van der Waals surface area contributed by atoms with Crippen LogP contribution in [0.15, 0.2) is 18.5 Å². The van der Waals surface area contributed by atoms with Gasteiger partial charge >= 0.3 is 0 Å². The molecule has 0 radical (unpaired) electrons. The van der Waals surface area contributed by atoms with E-state index in [-0.39, 0.29) is 5.91 Å². The number of piperidine rings is 1. The van der Waals surface area contributed by atoms with E-state index in [0.717, 1.165) is 51.3 Å². The van der Waals surface area contributed by atoms with Crippen LogP contribution < -0.4 is 15.5 Å². The van der Waals surface area contributed by atoms with Gasteiger partial charge in [0, 0.05) is 44.5 Å². The first-order chi connectivity index (χ1) is 11.7. The zero-order valence-corrected chi connectivity index (χ0v) is 14.6. The average molecular weight is 331 g/mol. The first-order valence-corrected chi connectivity index (χ1v) is 9.23. The maximum Gasteiger partial charge on any atom is 0.225 e. The van der Waals surface area contributed by atoms with Crippen LogP contribution in [0, 0.1) is 5.92 Å². The van der Waals surface area contributed by atoms with Crippen LogP contribution in [-0.4, -0.2) is 47.6 Å². The Morgan fingerprint density at radius 2 is 1.88 bits per heavy atom. The quantitative estimate of drug-likeness (QED) is 0.860. The van der Waals surface area contributed by atoms with Gasteiger partial charge in [-0.25, -0.2) is 9.97 Å². The molecule has 0 bridgehead atoms. The van der Waals surface area contributed by atoms with Crippen molar-refractivity contribution in [2.24, 2.45) is 5.92 Å². The molecule has 1 aliphatic heterocycles. The van der Waals surface area contributed by atoms with Gasteiger partial charge in [-0.2, -0.15) is 0 Å². The zero-order chi connectivity index (χ0) is 16.8. The summed E-state index contributed by atoms with van der Waals surface area (Å²) in [6.45, 7) is 4.77. The fourth-order valence-corrected chi connectivity index (χ4v) is 3.93. The predicted octanol–water partition coefficient (Wildman–Crippen LogP) is 1.73. The number of hydrogen-bond acceptors (Lipinski definition) is 5. The number of aromatic nitrogens is 2. The van der Waals surface area contributed by atoms with Crippen LogP contribution in [0.4, 0.5) is 5.95 Å². The van der Waals surface area contributed by atoms with Crippen LogP contribution in [0.25, 0.3) is 0 Å². The SMILES string of the molecule is CC(=O)NC1CCC(NCC2CCCN(c3ncccn3)C2)CC1. The van der Waals surface area contributed by atoms with E-state index in [2.05, 4.69) is 25.5 Å². The number of carbonyl (C=O) groups excluding carboxylic acids is 1. The molecule has 6 heteroatoms. The van der Waals surface area contributed by atoms with Gasteiger partial charge in [0.25, 0.3) is 0 Å². The molecule has 0 spiro atoms. The minimum Gasteiger partial charge on any atom is -0.354 e. The minimum atomic E-state index is 0.0943. The molecule has 0 aromatic carbocycles. The van der Waals surface area contributed by atoms with Gasteiger partial charge in [-0.3, -0.25) is 4.79 Å². The van der Waals surface area contributed by atoms with E-state index in [4.69, 9.17) is 0 Å². The van der Waals surface area contributed by atoms with Crippen LogP contribution >= 0.6 is 0 Å². The lowest BCUT2D eigenvalue weighted by Gasteiger charge is -2.35. The summed E-state index contributed by atoms with van der Waals surface area (Å²) >= 11 is 0. The third kappa shape index (κ3) is 4.90. The molecule has 24 heavy (non-hydrogen) atoms. The molecule has 2 fully saturated rings. The van der Waals surface area contributed by atoms with Crippen molar-refractivity contribution < 1.29 is 4.79 Å². The van der Waals surface area contributed by atoms with Crippen LogP contribution in [0.2, 0.25) is 0 Å². The molecule has 1 unspecified atom stereocenters. The van der Waals surface area contributed by atoms with Crippen molar-refractivity contribution in [3.05, 3.63) is 18.5 Å². The van der Waals surface area contributed by atoms with Crippen molar-refractivity contribution in [2.75, 3.05) is 24.5 Å². The van der Waals surface area contributed by atoms with Gasteiger partial charge in [0.1, 0.15) is 0 Å². The second-order valence-electron chi connectivity index (χ2n) is 7.16. The average Bonchev–Trinajstić information content (AvgIpc) is 2.62. The molecule has 132 valence electrons. The zero-order valence-electron chi connectivity index (χ0n) is 14.6. The highest BCUT2D eigenvalue weighted by Crippen LogP contribution is 2.22. The maximum absolute atomic E-state index is 11.1. The van der Waals surface area contributed by atoms with E-state index in [1.165, 1.54) is 12.8 Å². The van der Waals surface area contributed by atoms with Crippen LogP contribution in [0.3, 0.4) is 0 Å². The summed E-state index contributed by atoms with van der Waals surface area (Å²) in [6.07, 6.45) is 10.6. The number of nitrogens with zero attached hydrogens (tertiary/aromatic N) is 3. The molecule has 1 aromatic heterocycles. The van der Waals surface area contributed by atoms with E-state index in [1.807, 2.05) is 18.5 Å². The van der Waals surface area contributed by atoms with E-state index < -0.39 is 0 Å². The number of hydrogen-bond donors (Lipinski definition) is 2. The number of amides is 1. The minimum absolute atomic E-state index is 0.0943. The lowest BCUT2D eigenvalue weighted by Crippen LogP contribution is -2.45. The summed E-state index contributed by atoms with van der Waals surface area (Å²) in [4.78, 5) is 22.2. The standard InChI is InChI=1S/C18H29N5O/c1-14(24)22-17-7-5-16(6-8-17)21-12-15-4-2-11-23(13-15)18-19-9-3-10-20-18/h3,9-10,15-17,21H,2,4-8,11-13H2,1H3,(H,22,24). The van der Waals surface area contributed by atoms with Gasteiger partial charge in [0.05, 0.1) is 0 Å². The fourth-order valence-electron chi connectivity index (χ4n) is 3.93. The predicted molar refractivity (Wildman–Crippen MR) is 94.8 cm³/mol. The van der Waals surface area contributed by atoms with Crippen LogP contribution in [0.1, 0.15) is 45.4 Å². The van der Waals surface area contributed by atoms with E-state index in [1.54, 1.807) is 6.92 Å². The smallest absolute Gasteiger partial charge is 0.225 e. The normalized spacial score (nSPS) is 27.7. The third-order valence-corrected chi connectivity index (χ3v) is 5.18. The molecule has 1 aliphatic carbocycles. The molecule has 1 atom stereocenters. The number of nitrogens with one attached hydrogen (secondary N) is 2. The van der Waals surface area contributed by atoms with Gasteiger partial charge in [-0.15, -0.1) is 0 Å². The Morgan fingerprint density at radius 3 is 2.58 bits per heavy atom. The summed E-state index contributed by atoms with van der Waals surface area (Å²) in [5.41, 5.74) is 0. The first kappa shape index (κ1) is 17.1. The van der Waals surface area contributed by atoms with E-state index >= 15 is 0 Å². The summed E-state index contributed by atoms with van der Waals surface area (Å²) in [5, 5.41) is 6.80. The van der Waals surface area contributed by atoms with E-state index in [9.17, 15) is 4.79 Å². The fraction of sp³-hybridized carbons (Fsp3) is 0.722. The molecule has 1 amide bonds. The lowest BCUT2D eigenvalue weighted by molar-refractivity contribution is -0.119. The van der Waals surface area contributed by atoms with E-state index in [0.29, 0.717) is 18.0 Å². The van der Waals surface area contributed by atoms with Crippen molar-refractivity contribution >= 4 is 11.9 Å². The Hall–Kier alpha value is -1.69. The summed E-state index contributed by atoms with van der Waals surface area (Å²) in [7, 11) is 0. The van der Waals surface area contributed by atoms with Crippen molar-refractivity contribution in [2.45, 2.75) is 57.5 Å². The Kier molecular flexibility index (Phi) is 6.01. The van der Waals surface area contributed by atoms with Gasteiger partial charge in [-0.05, 0) is 57.1 Å². The van der Waals surface area contributed by atoms with Gasteiger partial charge in [-0.1, -0.05) is 0 Å². The topological polar surface area (TPSA) is 70.2 Å². The molecule has 2 N–H and O–H groups in total. The molecular formula is C18H29N5O. The molecule has 1 saturated carbocycles. The molecule has 1 saturated heterocycles. The molecular weight excluding hydrogens is 302 g/mol. The Bertz CT molecular complexity index is 515. The molecule has 3 rings (SSSR count). The Labute approximate surface area is 144 Å². The molecule has 2 aliphatic rings. The Morgan fingerprint density at radius 1 is 1.17 bits per heavy atom. The van der Waals surface area contributed by atoms with Crippen molar-refractivity contribution in [3.63, 3.8) is 0 Å². The highest BCUT2D eigenvalue weighted by molar-refractivity contribution is 5.73. The van der Waals surface area contributed by atoms with Gasteiger partial charge < -0.3 is 15.5 Å². The van der Waals surface area contributed by atoms with Crippen LogP contribution in [-0.2, 0) is 4.79 Å². The van der Waals surface area contributed by atoms with Crippen molar-refractivity contribution in [1.29, 1.82) is 0 Å². The summed E-state index contributed by atoms with van der Waals surface area (Å²) in [5.74, 6) is 1.62. The molecule has 6 nitrogen and oxygen atoms in total. The second kappa shape index (κ2) is 8.42. The highest BCUT2D eigenvalue weighted by Gasteiger charge is 2.25. The van der Waals surface area contributed by atoms with Crippen LogP contribution in [0.5, 0.6) is 0 Å². The first-order valence-electron chi connectivity index (χ1n) is 9.23. The summed E-state index contributed by atoms with van der Waals surface area (Å²) < 4.78 is 0. The van der Waals surface area contributed by atoms with Gasteiger partial charge in [0.2, 0.25) is 11.9 Å². The third-order valence-electron chi connectivity index (χ3n) is 5.18. The summed E-state index contributed by atoms with van der Waals surface area (Å²) in [6, 6.07) is 2.84. The highest BCUT2D eigenvalue weighted by atomic mass is 16.1. The number of anilines is 1. The number of rotatable bonds is 5. The number of carbonyl (C=O) groups is 1. The van der Waals surface area contributed by atoms with Crippen molar-refractivity contribution in [1.82, 2.24) is 20.6 Å². The maximum atomic E-state index is 11.1. The Balaban J connectivity index is 1.40.